The van der Waals surface area contributed by atoms with E-state index < -0.39 is 0 Å². The zero-order chi connectivity index (χ0) is 38.2. The molecular formula is C45H51N5O3. The minimum atomic E-state index is -0.0949. The zero-order valence-electron chi connectivity index (χ0n) is 31.8. The predicted molar refractivity (Wildman–Crippen MR) is 218 cm³/mol. The molecule has 3 heterocycles. The molecule has 0 saturated carbocycles. The van der Waals surface area contributed by atoms with Crippen LogP contribution in [0, 0.1) is 16.2 Å². The van der Waals surface area contributed by atoms with E-state index >= 15 is 0 Å². The smallest absolute Gasteiger partial charge is 0.235 e. The van der Waals surface area contributed by atoms with Crippen molar-refractivity contribution in [2.45, 2.75) is 53.6 Å². The lowest BCUT2D eigenvalue weighted by atomic mass is 9.88. The Morgan fingerprint density at radius 1 is 0.736 bits per heavy atom. The first-order valence-corrected chi connectivity index (χ1v) is 17.9. The van der Waals surface area contributed by atoms with Crippen molar-refractivity contribution < 1.29 is 14.6 Å². The Hall–Kier alpha value is -5.44. The molecule has 0 bridgehead atoms. The molecule has 8 nitrogen and oxygen atoms in total. The molecule has 0 radical (unpaired) electrons. The molecule has 8 heteroatoms. The van der Waals surface area contributed by atoms with Crippen molar-refractivity contribution in [2.75, 3.05) is 20.3 Å². The van der Waals surface area contributed by atoms with Gasteiger partial charge in [0.25, 0.3) is 0 Å². The highest BCUT2D eigenvalue weighted by atomic mass is 16.5. The predicted octanol–water partition coefficient (Wildman–Crippen LogP) is 9.32. The highest BCUT2D eigenvalue weighted by molar-refractivity contribution is 5.98. The molecule has 0 spiro atoms. The van der Waals surface area contributed by atoms with Gasteiger partial charge in [-0.25, -0.2) is 15.0 Å². The van der Waals surface area contributed by atoms with Crippen molar-refractivity contribution in [3.63, 3.8) is 0 Å². The van der Waals surface area contributed by atoms with E-state index in [1.54, 1.807) is 6.07 Å². The molecule has 0 amide bonds. The maximum absolute atomic E-state index is 8.55. The van der Waals surface area contributed by atoms with Crippen molar-refractivity contribution in [3.8, 4) is 22.5 Å². The van der Waals surface area contributed by atoms with Crippen LogP contribution in [-0.4, -0.2) is 59.3 Å². The van der Waals surface area contributed by atoms with Gasteiger partial charge in [0, 0.05) is 17.2 Å². The fourth-order valence-electron chi connectivity index (χ4n) is 5.65. The van der Waals surface area contributed by atoms with Gasteiger partial charge in [-0.3, -0.25) is 5.41 Å². The Kier molecular flexibility index (Phi) is 12.4. The number of ether oxygens (including phenoxy) is 2. The topological polar surface area (TPSA) is 127 Å². The van der Waals surface area contributed by atoms with Crippen molar-refractivity contribution in [2.24, 2.45) is 21.6 Å². The third-order valence-electron chi connectivity index (χ3n) is 9.24. The molecule has 2 atom stereocenters. The van der Waals surface area contributed by atoms with Crippen LogP contribution in [0.5, 0.6) is 0 Å². The minimum absolute atomic E-state index is 0.0365. The van der Waals surface area contributed by atoms with Crippen LogP contribution < -0.4 is 5.73 Å². The molecule has 0 fully saturated rings. The van der Waals surface area contributed by atoms with Crippen LogP contribution in [0.4, 0.5) is 0 Å². The summed E-state index contributed by atoms with van der Waals surface area (Å²) in [7, 11) is 1.48. The van der Waals surface area contributed by atoms with Crippen molar-refractivity contribution in [1.82, 2.24) is 9.97 Å². The lowest BCUT2D eigenvalue weighted by Crippen LogP contribution is -2.37. The summed E-state index contributed by atoms with van der Waals surface area (Å²) in [6, 6.07) is 40.8. The van der Waals surface area contributed by atoms with Crippen molar-refractivity contribution >= 4 is 33.3 Å². The van der Waals surface area contributed by atoms with Crippen LogP contribution in [0.1, 0.15) is 52.9 Å². The van der Waals surface area contributed by atoms with E-state index in [9.17, 15) is 0 Å². The van der Waals surface area contributed by atoms with Crippen LogP contribution in [0.15, 0.2) is 126 Å². The maximum Gasteiger partial charge on any atom is 0.235 e. The number of aliphatic imine (C=N–C) groups is 1. The average molecular weight is 710 g/mol. The van der Waals surface area contributed by atoms with Gasteiger partial charge in [-0.05, 0) is 56.6 Å². The molecule has 2 aromatic heterocycles. The summed E-state index contributed by atoms with van der Waals surface area (Å²) in [5.41, 5.74) is 11.0. The molecule has 0 aliphatic carbocycles. The van der Waals surface area contributed by atoms with Gasteiger partial charge in [0.05, 0.1) is 31.1 Å². The lowest BCUT2D eigenvalue weighted by molar-refractivity contribution is 0.189. The van der Waals surface area contributed by atoms with E-state index in [-0.39, 0.29) is 35.4 Å². The Morgan fingerprint density at radius 2 is 1.23 bits per heavy atom. The molecule has 0 unspecified atom stereocenters. The number of fused-ring (bicyclic) bond motifs is 2. The summed E-state index contributed by atoms with van der Waals surface area (Å²) in [4.78, 5) is 14.1. The number of pyridine rings is 2. The summed E-state index contributed by atoms with van der Waals surface area (Å²) in [6.07, 6.45) is 0. The van der Waals surface area contributed by atoms with E-state index in [1.807, 2.05) is 75.4 Å². The van der Waals surface area contributed by atoms with Crippen molar-refractivity contribution in [1.29, 1.82) is 5.41 Å². The van der Waals surface area contributed by atoms with Crippen LogP contribution in [0.3, 0.4) is 0 Å². The molecule has 1 aliphatic rings. The number of aromatic nitrogens is 2. The number of nitrogens with two attached hydrogens (primary N) is 1. The first kappa shape index (κ1) is 38.8. The van der Waals surface area contributed by atoms with Crippen LogP contribution in [-0.2, 0) is 9.47 Å². The van der Waals surface area contributed by atoms with Gasteiger partial charge < -0.3 is 20.3 Å². The van der Waals surface area contributed by atoms with Gasteiger partial charge in [-0.15, -0.1) is 0 Å². The maximum atomic E-state index is 8.55. The average Bonchev–Trinajstić information content (AvgIpc) is 3.69. The number of rotatable bonds is 5. The molecule has 1 aliphatic heterocycles. The first-order chi connectivity index (χ1) is 25.3. The molecule has 0 saturated heterocycles. The van der Waals surface area contributed by atoms with Crippen molar-refractivity contribution in [3.05, 3.63) is 133 Å². The Morgan fingerprint density at radius 3 is 1.72 bits per heavy atom. The van der Waals surface area contributed by atoms with E-state index in [0.717, 1.165) is 33.6 Å². The summed E-state index contributed by atoms with van der Waals surface area (Å²) < 4.78 is 10.8. The van der Waals surface area contributed by atoms with Gasteiger partial charge in [-0.1, -0.05) is 139 Å². The van der Waals surface area contributed by atoms with E-state index in [2.05, 4.69) is 86.4 Å². The number of aliphatic hydroxyl groups is 1. The van der Waals surface area contributed by atoms with Gasteiger partial charge in [0.15, 0.2) is 0 Å². The molecule has 53 heavy (non-hydrogen) atoms. The van der Waals surface area contributed by atoms with Crippen LogP contribution in [0.25, 0.3) is 44.1 Å². The quantitative estimate of drug-likeness (QED) is 0.121. The van der Waals surface area contributed by atoms with Crippen LogP contribution >= 0.6 is 0 Å². The molecule has 4 aromatic carbocycles. The fourth-order valence-corrected chi connectivity index (χ4v) is 5.65. The summed E-state index contributed by atoms with van der Waals surface area (Å²) in [5.74, 6) is 0.731. The highest BCUT2D eigenvalue weighted by Gasteiger charge is 2.31. The second-order valence-corrected chi connectivity index (χ2v) is 15.2. The summed E-state index contributed by atoms with van der Waals surface area (Å²) in [6.45, 7) is 13.3. The molecule has 274 valence electrons. The monoisotopic (exact) mass is 709 g/mol. The number of methoxy groups -OCH3 is 1. The van der Waals surface area contributed by atoms with Gasteiger partial charge in [0.1, 0.15) is 18.0 Å². The summed E-state index contributed by atoms with van der Waals surface area (Å²) in [5, 5.41) is 21.0. The largest absolute Gasteiger partial charge is 0.480 e. The normalized spacial score (nSPS) is 14.6. The van der Waals surface area contributed by atoms with Gasteiger partial charge >= 0.3 is 0 Å². The Labute approximate surface area is 313 Å². The van der Waals surface area contributed by atoms with E-state index in [1.165, 1.54) is 23.3 Å². The standard InChI is InChI=1S/C22H22N2O.C17H14N2O.C6H15NO/c1-22(2,3)20-14-25-21(24-20)19-13-7-12-18(23-19)17-11-6-9-15-8-4-5-10-16(15)17;1-20-17(18)16-11-5-10-15(19-16)14-9-4-7-12-6-2-3-8-13(12)14;1-6(2,3)5(7)4-8/h4-13,20H,14H2,1-3H3;2-11,18H,1H3;5,8H,4,7H2,1-3H3/t20-;;5-/m1.1/s1. The highest BCUT2D eigenvalue weighted by Crippen LogP contribution is 2.30. The number of benzene rings is 4. The summed E-state index contributed by atoms with van der Waals surface area (Å²) >= 11 is 0. The molecule has 6 aromatic rings. The van der Waals surface area contributed by atoms with Crippen LogP contribution in [0.2, 0.25) is 0 Å². The SMILES string of the molecule is CC(C)(C)[C@H](N)CO.CC(C)(C)[C@H]1COC(c2cccc(-c3cccc4ccccc34)n2)=N1.COC(=N)c1cccc(-c2cccc3ccccc23)n1. The number of nitrogens with zero attached hydrogens (tertiary/aromatic N) is 3. The number of hydrogen-bond acceptors (Lipinski definition) is 8. The Balaban J connectivity index is 0.000000173. The number of nitrogens with one attached hydrogen (secondary N) is 1. The van der Waals surface area contributed by atoms with Gasteiger partial charge in [-0.2, -0.15) is 0 Å². The van der Waals surface area contributed by atoms with E-state index in [0.29, 0.717) is 18.2 Å². The number of aliphatic hydroxyl groups excluding tert-OH is 1. The van der Waals surface area contributed by atoms with Gasteiger partial charge in [0.2, 0.25) is 11.8 Å². The van der Waals surface area contributed by atoms with E-state index in [4.69, 9.17) is 35.7 Å². The minimum Gasteiger partial charge on any atom is -0.480 e. The molecular weight excluding hydrogens is 659 g/mol. The second-order valence-electron chi connectivity index (χ2n) is 15.2. The lowest BCUT2D eigenvalue weighted by Gasteiger charge is -2.24. The second kappa shape index (κ2) is 16.9. The zero-order valence-corrected chi connectivity index (χ0v) is 31.8. The molecule has 4 N–H and O–H groups in total. The molecule has 7 rings (SSSR count). The third kappa shape index (κ3) is 9.71. The third-order valence-corrected chi connectivity index (χ3v) is 9.24. The fraction of sp³-hybridized carbons (Fsp3) is 0.289. The Bertz CT molecular complexity index is 2190. The first-order valence-electron chi connectivity index (χ1n) is 17.9. The number of hydrogen-bond donors (Lipinski definition) is 3.